The second kappa shape index (κ2) is 6.24. The summed E-state index contributed by atoms with van der Waals surface area (Å²) in [5.74, 6) is -1.70. The number of aromatic nitrogens is 2. The van der Waals surface area contributed by atoms with Gasteiger partial charge < -0.3 is 5.32 Å². The second-order valence-corrected chi connectivity index (χ2v) is 5.99. The molecule has 0 radical (unpaired) electrons. The molecule has 130 valence electrons. The summed E-state index contributed by atoms with van der Waals surface area (Å²) in [6.45, 7) is -0.191. The Hall–Kier alpha value is -2.82. The number of carbonyl (C=O) groups is 3. The van der Waals surface area contributed by atoms with E-state index in [2.05, 4.69) is 15.5 Å². The van der Waals surface area contributed by atoms with E-state index in [1.807, 2.05) is 0 Å². The molecule has 1 aliphatic heterocycles. The highest BCUT2D eigenvalue weighted by molar-refractivity contribution is 7.15. The molecule has 25 heavy (non-hydrogen) atoms. The minimum Gasteiger partial charge on any atom is -0.300 e. The van der Waals surface area contributed by atoms with Gasteiger partial charge in [-0.3, -0.25) is 19.3 Å². The molecule has 0 saturated heterocycles. The molecule has 2 aromatic rings. The third-order valence-corrected chi connectivity index (χ3v) is 4.24. The summed E-state index contributed by atoms with van der Waals surface area (Å²) in [5, 5.41) is 6.86. The average molecular weight is 370 g/mol. The quantitative estimate of drug-likeness (QED) is 0.833. The van der Waals surface area contributed by atoms with E-state index in [9.17, 15) is 27.6 Å². The van der Waals surface area contributed by atoms with Crippen molar-refractivity contribution < 1.29 is 27.6 Å². The molecular weight excluding hydrogens is 361 g/mol. The van der Waals surface area contributed by atoms with Crippen molar-refractivity contribution in [1.82, 2.24) is 15.1 Å². The van der Waals surface area contributed by atoms with E-state index in [0.717, 1.165) is 4.90 Å². The van der Waals surface area contributed by atoms with Crippen molar-refractivity contribution in [2.75, 3.05) is 11.9 Å². The minimum atomic E-state index is -4.64. The summed E-state index contributed by atoms with van der Waals surface area (Å²) in [5.41, 5.74) is 0.513. The van der Waals surface area contributed by atoms with Crippen LogP contribution in [-0.2, 0) is 11.0 Å². The van der Waals surface area contributed by atoms with Gasteiger partial charge >= 0.3 is 6.18 Å². The van der Waals surface area contributed by atoms with Gasteiger partial charge in [0.25, 0.3) is 11.8 Å². The highest BCUT2D eigenvalue weighted by atomic mass is 32.1. The lowest BCUT2D eigenvalue weighted by Crippen LogP contribution is -2.32. The summed E-state index contributed by atoms with van der Waals surface area (Å²) >= 11 is 0.191. The first-order valence-corrected chi connectivity index (χ1v) is 7.75. The lowest BCUT2D eigenvalue weighted by molar-refractivity contribution is -0.138. The van der Waals surface area contributed by atoms with E-state index in [1.165, 1.54) is 12.1 Å². The van der Waals surface area contributed by atoms with Gasteiger partial charge in [-0.05, 0) is 12.1 Å². The van der Waals surface area contributed by atoms with Crippen molar-refractivity contribution in [3.05, 3.63) is 40.4 Å². The second-order valence-electron chi connectivity index (χ2n) is 5.02. The molecule has 1 aromatic carbocycles. The number of hydrogen-bond acceptors (Lipinski definition) is 6. The predicted octanol–water partition coefficient (Wildman–Crippen LogP) is 2.18. The molecule has 1 aliphatic rings. The Balaban J connectivity index is 1.59. The molecule has 0 aliphatic carbocycles. The molecule has 0 saturated carbocycles. The largest absolute Gasteiger partial charge is 0.445 e. The zero-order chi connectivity index (χ0) is 18.2. The van der Waals surface area contributed by atoms with E-state index in [-0.39, 0.29) is 40.6 Å². The number of anilines is 1. The van der Waals surface area contributed by atoms with Crippen LogP contribution in [0.5, 0.6) is 0 Å². The molecule has 3 rings (SSSR count). The van der Waals surface area contributed by atoms with Crippen LogP contribution in [0.3, 0.4) is 0 Å². The SMILES string of the molecule is O=C(CCN1C(=O)c2ccccc2C1=O)Nc1nnc(C(F)(F)F)s1. The molecule has 1 aromatic heterocycles. The Kier molecular flexibility index (Phi) is 4.25. The number of amides is 3. The van der Waals surface area contributed by atoms with Gasteiger partial charge in [-0.15, -0.1) is 10.2 Å². The minimum absolute atomic E-state index is 0.191. The van der Waals surface area contributed by atoms with Gasteiger partial charge in [-0.1, -0.05) is 23.5 Å². The summed E-state index contributed by atoms with van der Waals surface area (Å²) in [6, 6.07) is 6.26. The molecule has 11 heteroatoms. The molecular formula is C14H9F3N4O3S. The Bertz CT molecular complexity index is 830. The summed E-state index contributed by atoms with van der Waals surface area (Å²) in [6.07, 6.45) is -4.91. The van der Waals surface area contributed by atoms with E-state index in [0.29, 0.717) is 0 Å². The number of carbonyl (C=O) groups excluding carboxylic acids is 3. The summed E-state index contributed by atoms with van der Waals surface area (Å²) in [7, 11) is 0. The van der Waals surface area contributed by atoms with E-state index >= 15 is 0 Å². The number of hydrogen-bond donors (Lipinski definition) is 1. The van der Waals surface area contributed by atoms with Crippen LogP contribution >= 0.6 is 11.3 Å². The van der Waals surface area contributed by atoms with E-state index < -0.39 is 28.9 Å². The standard InChI is InChI=1S/C14H9F3N4O3S/c15-14(16,17)12-19-20-13(25-12)18-9(22)5-6-21-10(23)7-3-1-2-4-8(7)11(21)24/h1-4H,5-6H2,(H,18,20,22). The van der Waals surface area contributed by atoms with Crippen LogP contribution < -0.4 is 5.32 Å². The summed E-state index contributed by atoms with van der Waals surface area (Å²) < 4.78 is 37.3. The van der Waals surface area contributed by atoms with Crippen molar-refractivity contribution in [3.63, 3.8) is 0 Å². The smallest absolute Gasteiger partial charge is 0.300 e. The maximum absolute atomic E-state index is 12.4. The van der Waals surface area contributed by atoms with E-state index in [4.69, 9.17) is 0 Å². The molecule has 7 nitrogen and oxygen atoms in total. The summed E-state index contributed by atoms with van der Waals surface area (Å²) in [4.78, 5) is 37.0. The number of benzene rings is 1. The Morgan fingerprint density at radius 1 is 1.12 bits per heavy atom. The average Bonchev–Trinajstić information content (AvgIpc) is 3.11. The zero-order valence-electron chi connectivity index (χ0n) is 12.3. The van der Waals surface area contributed by atoms with Crippen molar-refractivity contribution >= 4 is 34.2 Å². The molecule has 2 heterocycles. The normalized spacial score (nSPS) is 14.0. The van der Waals surface area contributed by atoms with Gasteiger partial charge in [0.05, 0.1) is 11.1 Å². The van der Waals surface area contributed by atoms with Crippen molar-refractivity contribution in [3.8, 4) is 0 Å². The maximum Gasteiger partial charge on any atom is 0.445 e. The van der Waals surface area contributed by atoms with Crippen molar-refractivity contribution in [2.45, 2.75) is 12.6 Å². The fraction of sp³-hybridized carbons (Fsp3) is 0.214. The number of halogens is 3. The van der Waals surface area contributed by atoms with Gasteiger partial charge in [0.15, 0.2) is 0 Å². The first kappa shape index (κ1) is 17.0. The zero-order valence-corrected chi connectivity index (χ0v) is 13.1. The number of nitrogens with zero attached hydrogens (tertiary/aromatic N) is 3. The lowest BCUT2D eigenvalue weighted by Gasteiger charge is -2.12. The number of nitrogens with one attached hydrogen (secondary N) is 1. The maximum atomic E-state index is 12.4. The number of alkyl halides is 3. The van der Waals surface area contributed by atoms with Crippen LogP contribution in [0, 0.1) is 0 Å². The van der Waals surface area contributed by atoms with Gasteiger partial charge in [-0.25, -0.2) is 0 Å². The van der Waals surface area contributed by atoms with Crippen LogP contribution in [-0.4, -0.2) is 39.4 Å². The van der Waals surface area contributed by atoms with Crippen molar-refractivity contribution in [1.29, 1.82) is 0 Å². The number of imide groups is 1. The molecule has 0 spiro atoms. The highest BCUT2D eigenvalue weighted by Gasteiger charge is 2.36. The fourth-order valence-electron chi connectivity index (χ4n) is 2.23. The Morgan fingerprint density at radius 3 is 2.24 bits per heavy atom. The molecule has 0 unspecified atom stereocenters. The molecule has 1 N–H and O–H groups in total. The molecule has 0 bridgehead atoms. The molecule has 0 fully saturated rings. The first-order chi connectivity index (χ1) is 11.8. The van der Waals surface area contributed by atoms with Gasteiger partial charge in [0, 0.05) is 13.0 Å². The van der Waals surface area contributed by atoms with E-state index in [1.54, 1.807) is 12.1 Å². The lowest BCUT2D eigenvalue weighted by atomic mass is 10.1. The number of fused-ring (bicyclic) bond motifs is 1. The highest BCUT2D eigenvalue weighted by Crippen LogP contribution is 2.33. The molecule has 3 amide bonds. The topological polar surface area (TPSA) is 92.3 Å². The Morgan fingerprint density at radius 2 is 1.72 bits per heavy atom. The first-order valence-electron chi connectivity index (χ1n) is 6.93. The Labute approximate surface area is 142 Å². The molecule has 0 atom stereocenters. The predicted molar refractivity (Wildman–Crippen MR) is 80.0 cm³/mol. The fourth-order valence-corrected chi connectivity index (χ4v) is 2.85. The number of rotatable bonds is 4. The van der Waals surface area contributed by atoms with Crippen LogP contribution in [0.25, 0.3) is 0 Å². The van der Waals surface area contributed by atoms with Crippen LogP contribution in [0.2, 0.25) is 0 Å². The van der Waals surface area contributed by atoms with Crippen molar-refractivity contribution in [2.24, 2.45) is 0 Å². The van der Waals surface area contributed by atoms with Crippen LogP contribution in [0.1, 0.15) is 32.1 Å². The van der Waals surface area contributed by atoms with Crippen LogP contribution in [0.15, 0.2) is 24.3 Å². The van der Waals surface area contributed by atoms with Gasteiger partial charge in [-0.2, -0.15) is 13.2 Å². The van der Waals surface area contributed by atoms with Gasteiger partial charge in [0.2, 0.25) is 16.0 Å². The van der Waals surface area contributed by atoms with Gasteiger partial charge in [0.1, 0.15) is 0 Å². The third kappa shape index (κ3) is 3.36. The monoisotopic (exact) mass is 370 g/mol. The van der Waals surface area contributed by atoms with Crippen LogP contribution in [0.4, 0.5) is 18.3 Å². The third-order valence-electron chi connectivity index (χ3n) is 3.35.